The third-order valence-corrected chi connectivity index (χ3v) is 2.73. The summed E-state index contributed by atoms with van der Waals surface area (Å²) in [6.45, 7) is 3.01. The molecule has 0 aromatic heterocycles. The Labute approximate surface area is 92.7 Å². The molecular weight excluding hydrogens is 206 g/mol. The van der Waals surface area contributed by atoms with Crippen LogP contribution in [-0.4, -0.2) is 54.9 Å². The van der Waals surface area contributed by atoms with E-state index in [1.807, 2.05) is 11.8 Å². The summed E-state index contributed by atoms with van der Waals surface area (Å²) >= 11 is 1.84. The van der Waals surface area contributed by atoms with Crippen LogP contribution in [0.3, 0.4) is 0 Å². The van der Waals surface area contributed by atoms with E-state index in [0.717, 1.165) is 22.5 Å². The molecule has 0 saturated heterocycles. The molecule has 2 nitrogen and oxygen atoms in total. The van der Waals surface area contributed by atoms with Gasteiger partial charge in [0.1, 0.15) is 12.6 Å². The largest absolute Gasteiger partial charge is 1.00 e. The molecule has 0 aliphatic heterocycles. The molecule has 0 aromatic rings. The molecule has 0 aliphatic carbocycles. The van der Waals surface area contributed by atoms with Gasteiger partial charge in [-0.3, -0.25) is 0 Å². The fourth-order valence-corrected chi connectivity index (χ4v) is 1.88. The maximum Gasteiger partial charge on any atom is 0.112 e. The van der Waals surface area contributed by atoms with Crippen LogP contribution in [0, 0.1) is 0 Å². The van der Waals surface area contributed by atoms with E-state index >= 15 is 0 Å². The number of rotatable bonds is 6. The number of likely N-dealkylation sites (N-methyl/N-ethyl adjacent to an activating group) is 1. The lowest BCUT2D eigenvalue weighted by atomic mass is 10.3. The van der Waals surface area contributed by atoms with Gasteiger partial charge >= 0.3 is 0 Å². The van der Waals surface area contributed by atoms with E-state index in [9.17, 15) is 5.11 Å². The van der Waals surface area contributed by atoms with Crippen molar-refractivity contribution in [1.82, 2.24) is 0 Å². The predicted octanol–water partition coefficient (Wildman–Crippen LogP) is -1.80. The molecule has 0 spiro atoms. The molecule has 0 heterocycles. The summed E-state index contributed by atoms with van der Waals surface area (Å²) in [5, 5.41) is 9.57. The first kappa shape index (κ1) is 16.0. The molecule has 13 heavy (non-hydrogen) atoms. The lowest BCUT2D eigenvalue weighted by molar-refractivity contribution is -0.873. The molecule has 1 unspecified atom stereocenters. The van der Waals surface area contributed by atoms with Gasteiger partial charge in [0, 0.05) is 5.75 Å². The number of quaternary nitrogens is 1. The van der Waals surface area contributed by atoms with Crippen LogP contribution in [-0.2, 0) is 0 Å². The Bertz CT molecular complexity index is 117. The first-order valence-electron chi connectivity index (χ1n) is 4.52. The maximum absolute atomic E-state index is 9.57. The van der Waals surface area contributed by atoms with Crippen molar-refractivity contribution >= 4 is 11.8 Å². The van der Waals surface area contributed by atoms with Crippen molar-refractivity contribution in [3.8, 4) is 0 Å². The van der Waals surface area contributed by atoms with Crippen LogP contribution in [0.15, 0.2) is 0 Å². The molecule has 0 radical (unpaired) electrons. The summed E-state index contributed by atoms with van der Waals surface area (Å²) in [4.78, 5) is 0. The Balaban J connectivity index is 0. The van der Waals surface area contributed by atoms with Gasteiger partial charge in [-0.05, 0) is 12.2 Å². The zero-order chi connectivity index (χ0) is 9.61. The fourth-order valence-electron chi connectivity index (χ4n) is 1.05. The standard InChI is InChI=1S/C9H22NOS.ClH/c1-5-6-12-8-9(11)7-10(2,3)4;/h9,11H,5-8H2,1-4H3;1H/q+1;/p-1. The van der Waals surface area contributed by atoms with Crippen molar-refractivity contribution in [2.75, 3.05) is 39.2 Å². The Hall–Kier alpha value is 0.560. The van der Waals surface area contributed by atoms with Crippen LogP contribution in [0.2, 0.25) is 0 Å². The molecule has 0 rings (SSSR count). The number of hydrogen-bond acceptors (Lipinski definition) is 2. The second kappa shape index (κ2) is 7.92. The van der Waals surface area contributed by atoms with Crippen LogP contribution in [0.1, 0.15) is 13.3 Å². The molecule has 0 aliphatic rings. The third-order valence-electron chi connectivity index (χ3n) is 1.42. The minimum absolute atomic E-state index is 0. The van der Waals surface area contributed by atoms with E-state index < -0.39 is 0 Å². The summed E-state index contributed by atoms with van der Waals surface area (Å²) in [5.41, 5.74) is 0. The second-order valence-electron chi connectivity index (χ2n) is 4.20. The van der Waals surface area contributed by atoms with Gasteiger partial charge in [-0.15, -0.1) is 0 Å². The lowest BCUT2D eigenvalue weighted by Gasteiger charge is -2.26. The zero-order valence-electron chi connectivity index (χ0n) is 9.09. The van der Waals surface area contributed by atoms with E-state index in [2.05, 4.69) is 28.1 Å². The van der Waals surface area contributed by atoms with Gasteiger partial charge in [-0.25, -0.2) is 0 Å². The van der Waals surface area contributed by atoms with Gasteiger partial charge in [0.15, 0.2) is 0 Å². The quantitative estimate of drug-likeness (QED) is 0.427. The summed E-state index contributed by atoms with van der Waals surface area (Å²) in [6, 6.07) is 0. The topological polar surface area (TPSA) is 20.2 Å². The summed E-state index contributed by atoms with van der Waals surface area (Å²) in [6.07, 6.45) is 1.04. The van der Waals surface area contributed by atoms with Crippen molar-refractivity contribution in [3.05, 3.63) is 0 Å². The number of aliphatic hydroxyl groups is 1. The van der Waals surface area contributed by atoms with Crippen molar-refractivity contribution in [2.45, 2.75) is 19.4 Å². The predicted molar refractivity (Wildman–Crippen MR) is 56.5 cm³/mol. The summed E-state index contributed by atoms with van der Waals surface area (Å²) < 4.78 is 0.841. The molecular formula is C9H22ClNOS. The minimum atomic E-state index is -0.151. The Kier molecular flexibility index (Phi) is 9.75. The fraction of sp³-hybridized carbons (Fsp3) is 1.00. The van der Waals surface area contributed by atoms with E-state index in [0.29, 0.717) is 0 Å². The van der Waals surface area contributed by atoms with Gasteiger partial charge in [0.05, 0.1) is 21.1 Å². The van der Waals surface area contributed by atoms with E-state index in [4.69, 9.17) is 0 Å². The van der Waals surface area contributed by atoms with Gasteiger partial charge in [0.25, 0.3) is 0 Å². The first-order chi connectivity index (χ1) is 5.45. The van der Waals surface area contributed by atoms with Crippen LogP contribution >= 0.6 is 11.8 Å². The second-order valence-corrected chi connectivity index (χ2v) is 5.35. The molecule has 0 bridgehead atoms. The Morgan fingerprint density at radius 3 is 2.23 bits per heavy atom. The average molecular weight is 228 g/mol. The minimum Gasteiger partial charge on any atom is -1.00 e. The van der Waals surface area contributed by atoms with Crippen molar-refractivity contribution in [1.29, 1.82) is 0 Å². The van der Waals surface area contributed by atoms with Crippen LogP contribution < -0.4 is 12.4 Å². The van der Waals surface area contributed by atoms with Gasteiger partial charge in [-0.1, -0.05) is 6.92 Å². The van der Waals surface area contributed by atoms with E-state index in [-0.39, 0.29) is 18.5 Å². The molecule has 0 saturated carbocycles. The van der Waals surface area contributed by atoms with Crippen molar-refractivity contribution in [2.24, 2.45) is 0 Å². The van der Waals surface area contributed by atoms with Gasteiger partial charge in [-0.2, -0.15) is 11.8 Å². The molecule has 0 amide bonds. The number of nitrogens with zero attached hydrogens (tertiary/aromatic N) is 1. The average Bonchev–Trinajstić information content (AvgIpc) is 1.84. The highest BCUT2D eigenvalue weighted by atomic mass is 35.5. The highest BCUT2D eigenvalue weighted by Gasteiger charge is 2.14. The molecule has 1 atom stereocenters. The number of thioether (sulfide) groups is 1. The van der Waals surface area contributed by atoms with Crippen LogP contribution in [0.4, 0.5) is 0 Å². The van der Waals surface area contributed by atoms with E-state index in [1.165, 1.54) is 6.42 Å². The van der Waals surface area contributed by atoms with Crippen molar-refractivity contribution in [3.63, 3.8) is 0 Å². The highest BCUT2D eigenvalue weighted by molar-refractivity contribution is 7.99. The zero-order valence-corrected chi connectivity index (χ0v) is 10.7. The maximum atomic E-state index is 9.57. The Morgan fingerprint density at radius 1 is 1.31 bits per heavy atom. The number of hydrogen-bond donors (Lipinski definition) is 1. The monoisotopic (exact) mass is 227 g/mol. The van der Waals surface area contributed by atoms with Gasteiger partial charge < -0.3 is 22.0 Å². The van der Waals surface area contributed by atoms with E-state index in [1.54, 1.807) is 0 Å². The molecule has 4 heteroatoms. The first-order valence-corrected chi connectivity index (χ1v) is 5.67. The molecule has 82 valence electrons. The highest BCUT2D eigenvalue weighted by Crippen LogP contribution is 2.06. The normalized spacial score (nSPS) is 13.6. The molecule has 1 N–H and O–H groups in total. The van der Waals surface area contributed by atoms with Crippen molar-refractivity contribution < 1.29 is 22.0 Å². The summed E-state index contributed by atoms with van der Waals surface area (Å²) in [5.74, 6) is 2.04. The number of halogens is 1. The van der Waals surface area contributed by atoms with Gasteiger partial charge in [0.2, 0.25) is 0 Å². The lowest BCUT2D eigenvalue weighted by Crippen LogP contribution is -3.00. The summed E-state index contributed by atoms with van der Waals surface area (Å²) in [7, 11) is 6.31. The van der Waals surface area contributed by atoms with Crippen LogP contribution in [0.5, 0.6) is 0 Å². The SMILES string of the molecule is CCCSCC(O)C[N+](C)(C)C.[Cl-]. The number of aliphatic hydroxyl groups excluding tert-OH is 1. The van der Waals surface area contributed by atoms with Crippen LogP contribution in [0.25, 0.3) is 0 Å². The smallest absolute Gasteiger partial charge is 0.112 e. The molecule has 0 fully saturated rings. The molecule has 0 aromatic carbocycles. The third kappa shape index (κ3) is 12.6. The Morgan fingerprint density at radius 2 is 1.85 bits per heavy atom.